The molecule has 0 saturated carbocycles. The van der Waals surface area contributed by atoms with Crippen LogP contribution in [0.15, 0.2) is 51.7 Å². The van der Waals surface area contributed by atoms with E-state index in [0.29, 0.717) is 23.4 Å². The number of sulfonamides is 1. The zero-order valence-electron chi connectivity index (χ0n) is 17.5. The maximum absolute atomic E-state index is 12.6. The summed E-state index contributed by atoms with van der Waals surface area (Å²) in [5.74, 6) is 0.691. The van der Waals surface area contributed by atoms with Crippen LogP contribution in [0.2, 0.25) is 0 Å². The third kappa shape index (κ3) is 6.08. The summed E-state index contributed by atoms with van der Waals surface area (Å²) >= 11 is 1.78. The van der Waals surface area contributed by atoms with Crippen molar-refractivity contribution in [2.45, 2.75) is 30.3 Å². The van der Waals surface area contributed by atoms with Crippen molar-refractivity contribution in [1.29, 1.82) is 0 Å². The number of rotatable bonds is 6. The van der Waals surface area contributed by atoms with E-state index < -0.39 is 10.0 Å². The number of aliphatic imine (C=N–C) groups is 1. The van der Waals surface area contributed by atoms with Crippen LogP contribution in [0, 0.1) is 0 Å². The number of hydrogen-bond acceptors (Lipinski definition) is 5. The van der Waals surface area contributed by atoms with Gasteiger partial charge in [0.25, 0.3) is 0 Å². The van der Waals surface area contributed by atoms with Gasteiger partial charge in [0.2, 0.25) is 10.0 Å². The molecule has 30 heavy (non-hydrogen) atoms. The van der Waals surface area contributed by atoms with Gasteiger partial charge in [-0.3, -0.25) is 4.99 Å². The van der Waals surface area contributed by atoms with Gasteiger partial charge >= 0.3 is 0 Å². The second-order valence-electron chi connectivity index (χ2n) is 7.18. The molecule has 0 radical (unpaired) electrons. The van der Waals surface area contributed by atoms with Crippen molar-refractivity contribution in [3.05, 3.63) is 47.3 Å². The van der Waals surface area contributed by atoms with Crippen LogP contribution < -0.4 is 15.5 Å². The van der Waals surface area contributed by atoms with Gasteiger partial charge in [-0.05, 0) is 42.0 Å². The third-order valence-electron chi connectivity index (χ3n) is 5.05. The van der Waals surface area contributed by atoms with Crippen molar-refractivity contribution in [3.63, 3.8) is 0 Å². The van der Waals surface area contributed by atoms with Gasteiger partial charge in [-0.2, -0.15) is 0 Å². The number of nitrogens with zero attached hydrogens (tertiary/aromatic N) is 3. The van der Waals surface area contributed by atoms with E-state index in [9.17, 15) is 8.42 Å². The lowest BCUT2D eigenvalue weighted by Crippen LogP contribution is -2.48. The minimum absolute atomic E-state index is 0. The van der Waals surface area contributed by atoms with Crippen molar-refractivity contribution in [2.75, 3.05) is 39.1 Å². The number of nitrogens with one attached hydrogen (secondary N) is 2. The van der Waals surface area contributed by atoms with Crippen LogP contribution in [0.5, 0.6) is 0 Å². The van der Waals surface area contributed by atoms with E-state index in [1.54, 1.807) is 44.6 Å². The minimum Gasteiger partial charge on any atom is -0.363 e. The summed E-state index contributed by atoms with van der Waals surface area (Å²) in [7, 11) is 1.33. The summed E-state index contributed by atoms with van der Waals surface area (Å²) in [5, 5.41) is 10.2. The van der Waals surface area contributed by atoms with Crippen molar-refractivity contribution in [3.8, 4) is 0 Å². The molecule has 1 aromatic carbocycles. The van der Waals surface area contributed by atoms with Crippen LogP contribution >= 0.6 is 35.3 Å². The number of hydrogen-bond donors (Lipinski definition) is 2. The molecule has 1 aliphatic heterocycles. The van der Waals surface area contributed by atoms with E-state index >= 15 is 0 Å². The molecule has 2 N–H and O–H groups in total. The fraction of sp³-hybridized carbons (Fsp3) is 0.450. The summed E-state index contributed by atoms with van der Waals surface area (Å²) in [4.78, 5) is 7.05. The maximum atomic E-state index is 12.6. The normalized spacial score (nSPS) is 15.7. The molecular formula is C20H30IN5O2S2. The Morgan fingerprint density at radius 3 is 2.50 bits per heavy atom. The molecule has 2 heterocycles. The third-order valence-corrected chi connectivity index (χ3v) is 7.90. The van der Waals surface area contributed by atoms with E-state index in [4.69, 9.17) is 0 Å². The zero-order chi connectivity index (χ0) is 20.9. The second-order valence-corrected chi connectivity index (χ2v) is 10.2. The van der Waals surface area contributed by atoms with E-state index in [0.717, 1.165) is 31.5 Å². The molecule has 0 amide bonds. The number of anilines is 1. The van der Waals surface area contributed by atoms with Gasteiger partial charge in [0.15, 0.2) is 5.96 Å². The molecule has 0 aliphatic carbocycles. The Morgan fingerprint density at radius 2 is 1.90 bits per heavy atom. The quantitative estimate of drug-likeness (QED) is 0.321. The van der Waals surface area contributed by atoms with Crippen molar-refractivity contribution >= 4 is 56.3 Å². The monoisotopic (exact) mass is 563 g/mol. The summed E-state index contributed by atoms with van der Waals surface area (Å²) in [6, 6.07) is 11.7. The molecule has 0 spiro atoms. The Balaban J connectivity index is 0.00000320. The number of thiophene rings is 1. The fourth-order valence-electron chi connectivity index (χ4n) is 3.36. The first-order valence-electron chi connectivity index (χ1n) is 9.68. The number of halogens is 1. The summed E-state index contributed by atoms with van der Waals surface area (Å²) < 4.78 is 26.4. The first-order chi connectivity index (χ1) is 13.9. The molecule has 1 aromatic heterocycles. The van der Waals surface area contributed by atoms with Crippen molar-refractivity contribution in [2.24, 2.45) is 4.99 Å². The first-order valence-corrected chi connectivity index (χ1v) is 12.0. The Kier molecular flexibility index (Phi) is 9.38. The van der Waals surface area contributed by atoms with Crippen LogP contribution in [0.3, 0.4) is 0 Å². The Hall–Kier alpha value is -1.37. The number of guanidine groups is 1. The van der Waals surface area contributed by atoms with Crippen LogP contribution in [-0.2, 0) is 16.6 Å². The van der Waals surface area contributed by atoms with Crippen LogP contribution in [0.25, 0.3) is 0 Å². The molecule has 0 bridgehead atoms. The fourth-order valence-corrected chi connectivity index (χ4v) is 5.26. The molecule has 166 valence electrons. The van der Waals surface area contributed by atoms with Crippen molar-refractivity contribution in [1.82, 2.24) is 14.9 Å². The highest BCUT2D eigenvalue weighted by Crippen LogP contribution is 2.24. The number of piperidine rings is 1. The molecule has 2 aromatic rings. The lowest BCUT2D eigenvalue weighted by Gasteiger charge is -2.33. The first kappa shape index (κ1) is 24.9. The van der Waals surface area contributed by atoms with Gasteiger partial charge in [-0.15, -0.1) is 35.3 Å². The second kappa shape index (κ2) is 11.3. The van der Waals surface area contributed by atoms with Gasteiger partial charge < -0.3 is 15.5 Å². The standard InChI is InChI=1S/C20H29N5O2S2.HI/c1-21-20(23-17-10-12-25(13-11-17)19-9-6-14-28-19)22-15-16-7-4-5-8-18(16)29(26,27)24(2)3;/h4-9,14,17H,10-13,15H2,1-3H3,(H2,21,22,23);1H. The van der Waals surface area contributed by atoms with Crippen LogP contribution in [0.4, 0.5) is 5.00 Å². The van der Waals surface area contributed by atoms with Crippen LogP contribution in [0.1, 0.15) is 18.4 Å². The predicted octanol–water partition coefficient (Wildman–Crippen LogP) is 2.95. The molecule has 3 rings (SSSR count). The average Bonchev–Trinajstić information content (AvgIpc) is 3.26. The SMILES string of the molecule is CN=C(NCc1ccccc1S(=O)(=O)N(C)C)NC1CCN(c2cccs2)CC1.I. The molecular weight excluding hydrogens is 533 g/mol. The maximum Gasteiger partial charge on any atom is 0.242 e. The predicted molar refractivity (Wildman–Crippen MR) is 136 cm³/mol. The smallest absolute Gasteiger partial charge is 0.242 e. The minimum atomic E-state index is -3.49. The highest BCUT2D eigenvalue weighted by atomic mass is 127. The zero-order valence-corrected chi connectivity index (χ0v) is 21.5. The Morgan fingerprint density at radius 1 is 1.20 bits per heavy atom. The van der Waals surface area contributed by atoms with Gasteiger partial charge in [0, 0.05) is 46.8 Å². The lowest BCUT2D eigenvalue weighted by atomic mass is 10.1. The molecule has 1 aliphatic rings. The topological polar surface area (TPSA) is 77.0 Å². The van der Waals surface area contributed by atoms with Gasteiger partial charge in [0.05, 0.1) is 9.90 Å². The van der Waals surface area contributed by atoms with Crippen molar-refractivity contribution < 1.29 is 8.42 Å². The van der Waals surface area contributed by atoms with E-state index in [-0.39, 0.29) is 24.0 Å². The highest BCUT2D eigenvalue weighted by Gasteiger charge is 2.22. The Labute approximate surface area is 200 Å². The van der Waals surface area contributed by atoms with Gasteiger partial charge in [-0.25, -0.2) is 12.7 Å². The highest BCUT2D eigenvalue weighted by molar-refractivity contribution is 14.0. The molecule has 1 fully saturated rings. The molecule has 7 nitrogen and oxygen atoms in total. The molecule has 0 atom stereocenters. The average molecular weight is 564 g/mol. The molecule has 0 unspecified atom stereocenters. The van der Waals surface area contributed by atoms with Gasteiger partial charge in [0.1, 0.15) is 0 Å². The number of benzene rings is 1. The van der Waals surface area contributed by atoms with E-state index in [2.05, 4.69) is 38.0 Å². The van der Waals surface area contributed by atoms with E-state index in [1.165, 1.54) is 9.31 Å². The summed E-state index contributed by atoms with van der Waals surface area (Å²) in [6.45, 7) is 2.41. The van der Waals surface area contributed by atoms with Gasteiger partial charge in [-0.1, -0.05) is 18.2 Å². The molecule has 10 heteroatoms. The summed E-state index contributed by atoms with van der Waals surface area (Å²) in [5.41, 5.74) is 0.719. The largest absolute Gasteiger partial charge is 0.363 e. The Bertz CT molecular complexity index is 924. The lowest BCUT2D eigenvalue weighted by molar-refractivity contribution is 0.462. The molecule has 1 saturated heterocycles. The summed E-state index contributed by atoms with van der Waals surface area (Å²) in [6.07, 6.45) is 2.06. The van der Waals surface area contributed by atoms with Crippen LogP contribution in [-0.4, -0.2) is 59.0 Å². The van der Waals surface area contributed by atoms with E-state index in [1.807, 2.05) is 12.1 Å².